The molecule has 0 unspecified atom stereocenters. The minimum absolute atomic E-state index is 0.0296. The Morgan fingerprint density at radius 2 is 2.67 bits per heavy atom. The molecule has 0 saturated carbocycles. The summed E-state index contributed by atoms with van der Waals surface area (Å²) in [6.45, 7) is 1.99. The molecule has 1 saturated heterocycles. The van der Waals surface area contributed by atoms with Gasteiger partial charge in [-0.15, -0.1) is 0 Å². The summed E-state index contributed by atoms with van der Waals surface area (Å²) < 4.78 is 4.65. The van der Waals surface area contributed by atoms with E-state index in [0.29, 0.717) is 6.54 Å². The number of hydrogen-bond acceptors (Lipinski definition) is 3. The molecule has 0 aliphatic carbocycles. The molecule has 5 heteroatoms. The molecule has 1 fully saturated rings. The number of aromatic nitrogens is 1. The molecule has 0 spiro atoms. The third kappa shape index (κ3) is 1.25. The number of carbonyl (C=O) groups is 1. The maximum Gasteiger partial charge on any atom is 0.317 e. The summed E-state index contributed by atoms with van der Waals surface area (Å²) in [7, 11) is 0. The second-order valence-corrected chi connectivity index (χ2v) is 2.64. The van der Waals surface area contributed by atoms with Crippen molar-refractivity contribution >= 4 is 6.03 Å². The highest BCUT2D eigenvalue weighted by Gasteiger charge is 2.19. The molecule has 0 atom stereocenters. The van der Waals surface area contributed by atoms with Gasteiger partial charge in [-0.1, -0.05) is 5.16 Å². The molecular weight excluding hydrogens is 158 g/mol. The number of hydrogen-bond donors (Lipinski definition) is 1. The maximum absolute atomic E-state index is 11.1. The van der Waals surface area contributed by atoms with Crippen LogP contribution in [0, 0.1) is 0 Å². The fraction of sp³-hybridized carbons (Fsp3) is 0.429. The van der Waals surface area contributed by atoms with Crippen LogP contribution in [0.3, 0.4) is 0 Å². The molecule has 2 amide bonds. The predicted octanol–water partition coefficient (Wildman–Crippen LogP) is 0.200. The maximum atomic E-state index is 11.1. The minimum atomic E-state index is -0.0296. The van der Waals surface area contributed by atoms with Crippen molar-refractivity contribution in [3.63, 3.8) is 0 Å². The van der Waals surface area contributed by atoms with Crippen molar-refractivity contribution in [1.29, 1.82) is 0 Å². The van der Waals surface area contributed by atoms with Crippen molar-refractivity contribution in [1.82, 2.24) is 15.4 Å². The van der Waals surface area contributed by atoms with E-state index in [1.165, 1.54) is 6.26 Å². The lowest BCUT2D eigenvalue weighted by Gasteiger charge is -2.10. The highest BCUT2D eigenvalue weighted by atomic mass is 16.5. The van der Waals surface area contributed by atoms with Crippen LogP contribution in [0.4, 0.5) is 4.79 Å². The SMILES string of the molecule is O=C1NCCN1Cc1ccon1. The van der Waals surface area contributed by atoms with Gasteiger partial charge >= 0.3 is 6.03 Å². The first kappa shape index (κ1) is 7.15. The van der Waals surface area contributed by atoms with Crippen LogP contribution in [0.5, 0.6) is 0 Å². The van der Waals surface area contributed by atoms with Crippen molar-refractivity contribution in [2.24, 2.45) is 0 Å². The van der Waals surface area contributed by atoms with Crippen LogP contribution < -0.4 is 5.32 Å². The molecule has 0 aromatic carbocycles. The van der Waals surface area contributed by atoms with Crippen LogP contribution >= 0.6 is 0 Å². The molecule has 1 N–H and O–H groups in total. The fourth-order valence-corrected chi connectivity index (χ4v) is 1.18. The quantitative estimate of drug-likeness (QED) is 0.684. The Labute approximate surface area is 69.3 Å². The summed E-state index contributed by atoms with van der Waals surface area (Å²) in [5, 5.41) is 6.43. The third-order valence-corrected chi connectivity index (χ3v) is 1.79. The molecule has 2 heterocycles. The molecule has 64 valence electrons. The Hall–Kier alpha value is -1.52. The normalized spacial score (nSPS) is 16.7. The zero-order valence-corrected chi connectivity index (χ0v) is 6.49. The van der Waals surface area contributed by atoms with Crippen molar-refractivity contribution < 1.29 is 9.32 Å². The molecule has 1 aromatic rings. The lowest BCUT2D eigenvalue weighted by Crippen LogP contribution is -2.27. The van der Waals surface area contributed by atoms with E-state index in [0.717, 1.165) is 18.8 Å². The molecule has 1 aromatic heterocycles. The van der Waals surface area contributed by atoms with Crippen LogP contribution in [0.15, 0.2) is 16.9 Å². The average Bonchev–Trinajstić information content (AvgIpc) is 2.65. The Kier molecular flexibility index (Phi) is 1.69. The Bertz CT molecular complexity index is 270. The van der Waals surface area contributed by atoms with Gasteiger partial charge in [-0.2, -0.15) is 0 Å². The fourth-order valence-electron chi connectivity index (χ4n) is 1.18. The minimum Gasteiger partial charge on any atom is -0.364 e. The summed E-state index contributed by atoms with van der Waals surface area (Å²) >= 11 is 0. The van der Waals surface area contributed by atoms with Gasteiger partial charge < -0.3 is 14.7 Å². The summed E-state index contributed by atoms with van der Waals surface area (Å²) in [5.41, 5.74) is 0.784. The molecule has 5 nitrogen and oxygen atoms in total. The standard InChI is InChI=1S/C7H9N3O2/c11-7-8-2-3-10(7)5-6-1-4-12-9-6/h1,4H,2-3,5H2,(H,8,11). The van der Waals surface area contributed by atoms with Gasteiger partial charge in [0, 0.05) is 19.2 Å². The molecule has 2 rings (SSSR count). The highest BCUT2D eigenvalue weighted by molar-refractivity contribution is 5.76. The number of rotatable bonds is 2. The number of amides is 2. The molecular formula is C7H9N3O2. The Balaban J connectivity index is 1.99. The van der Waals surface area contributed by atoms with E-state index in [1.54, 1.807) is 11.0 Å². The number of nitrogens with one attached hydrogen (secondary N) is 1. The summed E-state index contributed by atoms with van der Waals surface area (Å²) in [5.74, 6) is 0. The van der Waals surface area contributed by atoms with Gasteiger partial charge in [0.25, 0.3) is 0 Å². The smallest absolute Gasteiger partial charge is 0.317 e. The van der Waals surface area contributed by atoms with Crippen molar-refractivity contribution in [3.05, 3.63) is 18.0 Å². The lowest BCUT2D eigenvalue weighted by molar-refractivity contribution is 0.214. The lowest BCUT2D eigenvalue weighted by atomic mass is 10.4. The largest absolute Gasteiger partial charge is 0.364 e. The van der Waals surface area contributed by atoms with Gasteiger partial charge in [0.05, 0.1) is 6.54 Å². The second kappa shape index (κ2) is 2.84. The average molecular weight is 167 g/mol. The van der Waals surface area contributed by atoms with Gasteiger partial charge in [-0.05, 0) is 0 Å². The Morgan fingerprint density at radius 1 is 1.75 bits per heavy atom. The van der Waals surface area contributed by atoms with E-state index in [2.05, 4.69) is 15.0 Å². The first-order valence-corrected chi connectivity index (χ1v) is 3.78. The zero-order valence-electron chi connectivity index (χ0n) is 6.49. The van der Waals surface area contributed by atoms with Crippen LogP contribution in [0.25, 0.3) is 0 Å². The first-order valence-electron chi connectivity index (χ1n) is 3.78. The van der Waals surface area contributed by atoms with Crippen LogP contribution in [0.2, 0.25) is 0 Å². The Morgan fingerprint density at radius 3 is 3.25 bits per heavy atom. The topological polar surface area (TPSA) is 58.4 Å². The number of nitrogens with zero attached hydrogens (tertiary/aromatic N) is 2. The van der Waals surface area contributed by atoms with Gasteiger partial charge in [-0.3, -0.25) is 0 Å². The molecule has 0 radical (unpaired) electrons. The van der Waals surface area contributed by atoms with E-state index in [9.17, 15) is 4.79 Å². The predicted molar refractivity (Wildman–Crippen MR) is 40.3 cm³/mol. The van der Waals surface area contributed by atoms with Crippen LogP contribution in [-0.4, -0.2) is 29.2 Å². The monoisotopic (exact) mass is 167 g/mol. The van der Waals surface area contributed by atoms with Crippen LogP contribution in [0.1, 0.15) is 5.69 Å². The van der Waals surface area contributed by atoms with Gasteiger partial charge in [0.15, 0.2) is 0 Å². The van der Waals surface area contributed by atoms with Crippen molar-refractivity contribution in [3.8, 4) is 0 Å². The first-order chi connectivity index (χ1) is 5.86. The summed E-state index contributed by atoms with van der Waals surface area (Å²) in [4.78, 5) is 12.7. The molecule has 1 aliphatic heterocycles. The molecule has 0 bridgehead atoms. The number of carbonyl (C=O) groups excluding carboxylic acids is 1. The van der Waals surface area contributed by atoms with Crippen molar-refractivity contribution in [2.75, 3.05) is 13.1 Å². The van der Waals surface area contributed by atoms with E-state index in [4.69, 9.17) is 0 Å². The van der Waals surface area contributed by atoms with Crippen LogP contribution in [-0.2, 0) is 6.54 Å². The molecule has 12 heavy (non-hydrogen) atoms. The van der Waals surface area contributed by atoms with Gasteiger partial charge in [0.1, 0.15) is 12.0 Å². The van der Waals surface area contributed by atoms with E-state index in [1.807, 2.05) is 0 Å². The van der Waals surface area contributed by atoms with Crippen molar-refractivity contribution in [2.45, 2.75) is 6.54 Å². The van der Waals surface area contributed by atoms with Gasteiger partial charge in [0.2, 0.25) is 0 Å². The summed E-state index contributed by atoms with van der Waals surface area (Å²) in [6, 6.07) is 1.73. The van der Waals surface area contributed by atoms with E-state index < -0.39 is 0 Å². The van der Waals surface area contributed by atoms with Gasteiger partial charge in [-0.25, -0.2) is 4.79 Å². The highest BCUT2D eigenvalue weighted by Crippen LogP contribution is 2.04. The third-order valence-electron chi connectivity index (χ3n) is 1.79. The van der Waals surface area contributed by atoms with E-state index in [-0.39, 0.29) is 6.03 Å². The molecule has 1 aliphatic rings. The van der Waals surface area contributed by atoms with E-state index >= 15 is 0 Å². The second-order valence-electron chi connectivity index (χ2n) is 2.64. The summed E-state index contributed by atoms with van der Waals surface area (Å²) in [6.07, 6.45) is 1.50. The zero-order chi connectivity index (χ0) is 8.39. The number of urea groups is 1.